The van der Waals surface area contributed by atoms with Gasteiger partial charge < -0.3 is 24.7 Å². The van der Waals surface area contributed by atoms with Crippen LogP contribution in [0.2, 0.25) is 0 Å². The smallest absolute Gasteiger partial charge is 0.264 e. The van der Waals surface area contributed by atoms with Gasteiger partial charge in [-0.1, -0.05) is 72.7 Å². The molecule has 1 aliphatic rings. The van der Waals surface area contributed by atoms with Gasteiger partial charge in [0.15, 0.2) is 5.60 Å². The Morgan fingerprint density at radius 1 is 1.12 bits per heavy atom. The number of aliphatic hydroxyl groups is 2. The number of allylic oxidation sites excluding steroid dienone is 3. The van der Waals surface area contributed by atoms with E-state index in [4.69, 9.17) is 4.74 Å². The number of aliphatic hydroxyl groups excluding tert-OH is 1. The van der Waals surface area contributed by atoms with Crippen LogP contribution < -0.4 is 9.64 Å². The van der Waals surface area contributed by atoms with E-state index < -0.39 is 17.4 Å². The average Bonchev–Trinajstić information content (AvgIpc) is 3.17. The SMILES string of the molecule is COc1ccc2c(c1)[C@@](O)([C@H](C)/C=C/CC(=O)N(CCO)Cc1ccccc1)C(=O)N2C/C=C(\C)CCC=C(C)C. The minimum Gasteiger partial charge on any atom is -0.497 e. The van der Waals surface area contributed by atoms with E-state index in [9.17, 15) is 19.8 Å². The van der Waals surface area contributed by atoms with Crippen LogP contribution in [-0.2, 0) is 21.7 Å². The summed E-state index contributed by atoms with van der Waals surface area (Å²) in [4.78, 5) is 30.0. The first-order valence-electron chi connectivity index (χ1n) is 14.2. The molecule has 0 unspecified atom stereocenters. The van der Waals surface area contributed by atoms with Crippen LogP contribution in [0.5, 0.6) is 5.75 Å². The van der Waals surface area contributed by atoms with Crippen molar-refractivity contribution in [2.24, 2.45) is 5.92 Å². The summed E-state index contributed by atoms with van der Waals surface area (Å²) in [6.07, 6.45) is 9.59. The average molecular weight is 561 g/mol. The van der Waals surface area contributed by atoms with Gasteiger partial charge in [-0.3, -0.25) is 9.59 Å². The molecule has 2 atom stereocenters. The van der Waals surface area contributed by atoms with Crippen molar-refractivity contribution in [3.63, 3.8) is 0 Å². The minimum absolute atomic E-state index is 0.0870. The molecule has 2 N–H and O–H groups in total. The number of rotatable bonds is 14. The second kappa shape index (κ2) is 14.8. The lowest BCUT2D eigenvalue weighted by atomic mass is 9.83. The molecule has 0 aromatic heterocycles. The van der Waals surface area contributed by atoms with E-state index >= 15 is 0 Å². The maximum absolute atomic E-state index is 13.8. The number of amides is 2. The van der Waals surface area contributed by atoms with Crippen LogP contribution >= 0.6 is 0 Å². The lowest BCUT2D eigenvalue weighted by Gasteiger charge is -2.27. The van der Waals surface area contributed by atoms with Crippen molar-refractivity contribution < 1.29 is 24.5 Å². The van der Waals surface area contributed by atoms with E-state index in [1.807, 2.05) is 42.5 Å². The quantitative estimate of drug-likeness (QED) is 0.297. The minimum atomic E-state index is -1.80. The molecule has 2 amide bonds. The van der Waals surface area contributed by atoms with Crippen molar-refractivity contribution >= 4 is 17.5 Å². The van der Waals surface area contributed by atoms with Crippen LogP contribution in [0.4, 0.5) is 5.69 Å². The zero-order chi connectivity index (χ0) is 30.0. The molecule has 0 radical (unpaired) electrons. The Morgan fingerprint density at radius 2 is 1.85 bits per heavy atom. The highest BCUT2D eigenvalue weighted by Gasteiger charge is 2.52. The summed E-state index contributed by atoms with van der Waals surface area (Å²) in [6.45, 7) is 8.83. The number of anilines is 1. The van der Waals surface area contributed by atoms with E-state index in [0.29, 0.717) is 30.1 Å². The van der Waals surface area contributed by atoms with Crippen molar-refractivity contribution in [1.82, 2.24) is 4.90 Å². The number of methoxy groups -OCH3 is 1. The molecule has 1 aliphatic heterocycles. The van der Waals surface area contributed by atoms with Gasteiger partial charge in [0.1, 0.15) is 5.75 Å². The predicted molar refractivity (Wildman–Crippen MR) is 164 cm³/mol. The molecule has 0 fully saturated rings. The van der Waals surface area contributed by atoms with Gasteiger partial charge in [-0.05, 0) is 57.4 Å². The Labute approximate surface area is 244 Å². The van der Waals surface area contributed by atoms with Crippen molar-refractivity contribution in [2.45, 2.75) is 59.1 Å². The number of fused-ring (bicyclic) bond motifs is 1. The lowest BCUT2D eigenvalue weighted by molar-refractivity contribution is -0.139. The van der Waals surface area contributed by atoms with Crippen LogP contribution in [0, 0.1) is 5.92 Å². The summed E-state index contributed by atoms with van der Waals surface area (Å²) in [5, 5.41) is 21.4. The van der Waals surface area contributed by atoms with Gasteiger partial charge in [-0.15, -0.1) is 0 Å². The van der Waals surface area contributed by atoms with Crippen LogP contribution in [-0.4, -0.2) is 53.7 Å². The van der Waals surface area contributed by atoms with E-state index in [2.05, 4.69) is 26.8 Å². The molecule has 1 heterocycles. The highest BCUT2D eigenvalue weighted by molar-refractivity contribution is 6.07. The third-order valence-electron chi connectivity index (χ3n) is 7.51. The molecule has 0 aliphatic carbocycles. The van der Waals surface area contributed by atoms with Gasteiger partial charge in [-0.25, -0.2) is 0 Å². The van der Waals surface area contributed by atoms with Crippen molar-refractivity contribution in [1.29, 1.82) is 0 Å². The summed E-state index contributed by atoms with van der Waals surface area (Å²) >= 11 is 0. The molecule has 7 heteroatoms. The molecular formula is C34H44N2O5. The highest BCUT2D eigenvalue weighted by atomic mass is 16.5. The molecule has 0 bridgehead atoms. The van der Waals surface area contributed by atoms with Gasteiger partial charge in [0.2, 0.25) is 5.91 Å². The number of nitrogens with zero attached hydrogens (tertiary/aromatic N) is 2. The van der Waals surface area contributed by atoms with Crippen LogP contribution in [0.25, 0.3) is 0 Å². The summed E-state index contributed by atoms with van der Waals surface area (Å²) in [6, 6.07) is 14.9. The first-order valence-corrected chi connectivity index (χ1v) is 14.2. The predicted octanol–water partition coefficient (Wildman–Crippen LogP) is 5.53. The monoisotopic (exact) mass is 560 g/mol. The topological polar surface area (TPSA) is 90.3 Å². The first kappa shape index (κ1) is 31.8. The maximum Gasteiger partial charge on any atom is 0.264 e. The Hall–Kier alpha value is -3.68. The Morgan fingerprint density at radius 3 is 2.51 bits per heavy atom. The van der Waals surface area contributed by atoms with Crippen molar-refractivity contribution in [3.8, 4) is 5.75 Å². The van der Waals surface area contributed by atoms with Gasteiger partial charge in [0.25, 0.3) is 5.91 Å². The van der Waals surface area contributed by atoms with Crippen LogP contribution in [0.15, 0.2) is 84.0 Å². The van der Waals surface area contributed by atoms with E-state index in [-0.39, 0.29) is 25.5 Å². The second-order valence-electron chi connectivity index (χ2n) is 10.9. The lowest BCUT2D eigenvalue weighted by Crippen LogP contribution is -2.44. The molecule has 2 aromatic rings. The van der Waals surface area contributed by atoms with Gasteiger partial charge in [0.05, 0.1) is 19.4 Å². The zero-order valence-electron chi connectivity index (χ0n) is 25.0. The Kier molecular flexibility index (Phi) is 11.5. The number of carbonyl (C=O) groups is 2. The van der Waals surface area contributed by atoms with E-state index in [1.54, 1.807) is 48.1 Å². The van der Waals surface area contributed by atoms with Gasteiger partial charge in [-0.2, -0.15) is 0 Å². The highest BCUT2D eigenvalue weighted by Crippen LogP contribution is 2.46. The van der Waals surface area contributed by atoms with Crippen molar-refractivity contribution in [3.05, 3.63) is 95.1 Å². The number of hydrogen-bond acceptors (Lipinski definition) is 5. The van der Waals surface area contributed by atoms with Gasteiger partial charge >= 0.3 is 0 Å². The molecule has 0 saturated carbocycles. The fourth-order valence-electron chi connectivity index (χ4n) is 5.03. The Bertz CT molecular complexity index is 1280. The standard InChI is InChI=1S/C34H44N2O5/c1-25(2)11-9-12-26(3)19-20-36-31-18-17-29(41-5)23-30(31)34(40,33(36)39)27(4)13-10-16-32(38)35(21-22-37)24-28-14-7-6-8-15-28/h6-8,10-11,13-15,17-19,23,27,37,40H,9,12,16,20-22,24H2,1-5H3/b13-10+,26-19+/t27-,34+/m1/s1. The summed E-state index contributed by atoms with van der Waals surface area (Å²) in [5.74, 6) is -0.601. The van der Waals surface area contributed by atoms with Crippen LogP contribution in [0.1, 0.15) is 58.1 Å². The molecule has 41 heavy (non-hydrogen) atoms. The van der Waals surface area contributed by atoms with E-state index in [1.165, 1.54) is 11.1 Å². The molecule has 0 spiro atoms. The van der Waals surface area contributed by atoms with Crippen molar-refractivity contribution in [2.75, 3.05) is 31.7 Å². The summed E-state index contributed by atoms with van der Waals surface area (Å²) < 4.78 is 5.41. The second-order valence-corrected chi connectivity index (χ2v) is 10.9. The third kappa shape index (κ3) is 7.96. The molecular weight excluding hydrogens is 516 g/mol. The van der Waals surface area contributed by atoms with Crippen LogP contribution in [0.3, 0.4) is 0 Å². The molecule has 7 nitrogen and oxygen atoms in total. The number of carbonyl (C=O) groups excluding carboxylic acids is 2. The fourth-order valence-corrected chi connectivity index (χ4v) is 5.03. The number of benzene rings is 2. The molecule has 2 aromatic carbocycles. The zero-order valence-corrected chi connectivity index (χ0v) is 25.0. The normalized spacial score (nSPS) is 17.5. The number of hydrogen-bond donors (Lipinski definition) is 2. The fraction of sp³-hybridized carbons (Fsp3) is 0.412. The van der Waals surface area contributed by atoms with Gasteiger partial charge in [0, 0.05) is 37.5 Å². The number of ether oxygens (including phenoxy) is 1. The summed E-state index contributed by atoms with van der Waals surface area (Å²) in [5.41, 5.74) is 2.77. The maximum atomic E-state index is 13.8. The Balaban J connectivity index is 1.78. The third-order valence-corrected chi connectivity index (χ3v) is 7.51. The first-order chi connectivity index (χ1) is 19.6. The largest absolute Gasteiger partial charge is 0.497 e. The summed E-state index contributed by atoms with van der Waals surface area (Å²) in [7, 11) is 1.55. The molecule has 3 rings (SSSR count). The molecule has 220 valence electrons. The van der Waals surface area contributed by atoms with E-state index in [0.717, 1.165) is 18.4 Å². The molecule has 0 saturated heterocycles.